The average molecular weight is 409 g/mol. The molecule has 30 heavy (non-hydrogen) atoms. The van der Waals surface area contributed by atoms with E-state index in [-0.39, 0.29) is 6.10 Å². The third-order valence-corrected chi connectivity index (χ3v) is 5.88. The summed E-state index contributed by atoms with van der Waals surface area (Å²) < 4.78 is 11.8. The van der Waals surface area contributed by atoms with Gasteiger partial charge in [0.2, 0.25) is 5.95 Å². The first kappa shape index (κ1) is 19.2. The molecule has 2 aliphatic heterocycles. The van der Waals surface area contributed by atoms with Crippen molar-refractivity contribution < 1.29 is 9.47 Å². The number of hydrogen-bond acceptors (Lipinski definition) is 8. The highest BCUT2D eigenvalue weighted by Gasteiger charge is 2.23. The number of piperidine rings is 1. The van der Waals surface area contributed by atoms with E-state index in [1.54, 1.807) is 0 Å². The smallest absolute Gasteiger partial charge is 0.322 e. The molecule has 1 aromatic carbocycles. The molecule has 2 aliphatic rings. The minimum atomic E-state index is 0.130. The van der Waals surface area contributed by atoms with Gasteiger partial charge in [0.1, 0.15) is 6.10 Å². The zero-order valence-electron chi connectivity index (χ0n) is 17.3. The van der Waals surface area contributed by atoms with Crippen molar-refractivity contribution in [2.75, 3.05) is 50.8 Å². The Morgan fingerprint density at radius 3 is 2.73 bits per heavy atom. The van der Waals surface area contributed by atoms with Crippen LogP contribution in [0.15, 0.2) is 24.4 Å². The normalized spacial score (nSPS) is 18.8. The van der Waals surface area contributed by atoms with E-state index in [4.69, 9.17) is 19.4 Å². The standard InChI is InChI=1S/C21H27N7O2/c1-2-27-8-6-15(7-9-27)30-21-24-19(16-4-3-5-18-17(16)14-22-26-18)23-20(25-21)28-10-12-29-13-11-28/h3-5,14-15H,2,6-13H2,1H3,(H,22,26). The quantitative estimate of drug-likeness (QED) is 0.685. The van der Waals surface area contributed by atoms with Crippen LogP contribution in [0, 0.1) is 0 Å². The van der Waals surface area contributed by atoms with E-state index in [9.17, 15) is 0 Å². The fourth-order valence-electron chi connectivity index (χ4n) is 4.08. The molecular formula is C21H27N7O2. The molecule has 0 radical (unpaired) electrons. The molecule has 0 amide bonds. The zero-order chi connectivity index (χ0) is 20.3. The van der Waals surface area contributed by atoms with Gasteiger partial charge in [-0.2, -0.15) is 20.1 Å². The lowest BCUT2D eigenvalue weighted by Crippen LogP contribution is -2.39. The van der Waals surface area contributed by atoms with Crippen LogP contribution in [0.3, 0.4) is 0 Å². The fourth-order valence-corrected chi connectivity index (χ4v) is 4.08. The number of benzene rings is 1. The van der Waals surface area contributed by atoms with Crippen LogP contribution in [0.5, 0.6) is 6.01 Å². The number of aromatic amines is 1. The molecule has 0 saturated carbocycles. The highest BCUT2D eigenvalue weighted by Crippen LogP contribution is 2.28. The maximum absolute atomic E-state index is 6.27. The van der Waals surface area contributed by atoms with Gasteiger partial charge in [0.15, 0.2) is 5.82 Å². The van der Waals surface area contributed by atoms with Gasteiger partial charge < -0.3 is 19.3 Å². The molecule has 9 heteroatoms. The second-order valence-corrected chi connectivity index (χ2v) is 7.73. The molecule has 2 saturated heterocycles. The second-order valence-electron chi connectivity index (χ2n) is 7.73. The van der Waals surface area contributed by atoms with E-state index in [0.717, 1.165) is 62.0 Å². The van der Waals surface area contributed by atoms with E-state index >= 15 is 0 Å². The van der Waals surface area contributed by atoms with Gasteiger partial charge in [-0.25, -0.2) is 0 Å². The Labute approximate surface area is 175 Å². The summed E-state index contributed by atoms with van der Waals surface area (Å²) in [5.74, 6) is 1.25. The molecular weight excluding hydrogens is 382 g/mol. The number of fused-ring (bicyclic) bond motifs is 1. The maximum Gasteiger partial charge on any atom is 0.322 e. The molecule has 4 heterocycles. The molecule has 0 aliphatic carbocycles. The van der Waals surface area contributed by atoms with Crippen molar-refractivity contribution >= 4 is 16.9 Å². The molecule has 5 rings (SSSR count). The van der Waals surface area contributed by atoms with Gasteiger partial charge in [-0.15, -0.1) is 0 Å². The van der Waals surface area contributed by atoms with Crippen LogP contribution in [-0.2, 0) is 4.74 Å². The molecule has 2 aromatic heterocycles. The lowest BCUT2D eigenvalue weighted by molar-refractivity contribution is 0.0951. The Kier molecular flexibility index (Phi) is 5.46. The summed E-state index contributed by atoms with van der Waals surface area (Å²) >= 11 is 0. The van der Waals surface area contributed by atoms with Crippen LogP contribution in [0.1, 0.15) is 19.8 Å². The van der Waals surface area contributed by atoms with Crippen molar-refractivity contribution in [2.24, 2.45) is 0 Å². The molecule has 0 unspecified atom stereocenters. The van der Waals surface area contributed by atoms with Crippen molar-refractivity contribution in [3.63, 3.8) is 0 Å². The molecule has 158 valence electrons. The molecule has 1 N–H and O–H groups in total. The summed E-state index contributed by atoms with van der Waals surface area (Å²) in [6.07, 6.45) is 3.91. The van der Waals surface area contributed by atoms with Crippen LogP contribution >= 0.6 is 0 Å². The van der Waals surface area contributed by atoms with Gasteiger partial charge in [0.25, 0.3) is 0 Å². The molecule has 0 atom stereocenters. The molecule has 3 aromatic rings. The highest BCUT2D eigenvalue weighted by molar-refractivity contribution is 5.92. The van der Waals surface area contributed by atoms with Gasteiger partial charge in [0.05, 0.1) is 24.9 Å². The van der Waals surface area contributed by atoms with Crippen LogP contribution in [0.25, 0.3) is 22.3 Å². The van der Waals surface area contributed by atoms with Crippen molar-refractivity contribution in [1.82, 2.24) is 30.0 Å². The number of anilines is 1. The van der Waals surface area contributed by atoms with Crippen LogP contribution in [-0.4, -0.2) is 82.1 Å². The largest absolute Gasteiger partial charge is 0.460 e. The topological polar surface area (TPSA) is 92.3 Å². The summed E-state index contributed by atoms with van der Waals surface area (Å²) in [5.41, 5.74) is 1.87. The van der Waals surface area contributed by atoms with Crippen molar-refractivity contribution in [3.05, 3.63) is 24.4 Å². The summed E-state index contributed by atoms with van der Waals surface area (Å²) in [6, 6.07) is 6.39. The molecule has 9 nitrogen and oxygen atoms in total. The van der Waals surface area contributed by atoms with Crippen molar-refractivity contribution in [3.8, 4) is 17.4 Å². The van der Waals surface area contributed by atoms with Crippen molar-refractivity contribution in [1.29, 1.82) is 0 Å². The van der Waals surface area contributed by atoms with E-state index in [1.165, 1.54) is 0 Å². The monoisotopic (exact) mass is 409 g/mol. The molecule has 0 spiro atoms. The van der Waals surface area contributed by atoms with E-state index in [0.29, 0.717) is 31.0 Å². The predicted molar refractivity (Wildman–Crippen MR) is 114 cm³/mol. The predicted octanol–water partition coefficient (Wildman–Crippen LogP) is 2.11. The third-order valence-electron chi connectivity index (χ3n) is 5.88. The number of ether oxygens (including phenoxy) is 2. The highest BCUT2D eigenvalue weighted by atomic mass is 16.5. The number of rotatable bonds is 5. The molecule has 0 bridgehead atoms. The first-order valence-electron chi connectivity index (χ1n) is 10.7. The minimum absolute atomic E-state index is 0.130. The number of morpholine rings is 1. The first-order chi connectivity index (χ1) is 14.8. The van der Waals surface area contributed by atoms with Crippen LogP contribution in [0.4, 0.5) is 5.95 Å². The lowest BCUT2D eigenvalue weighted by atomic mass is 10.1. The Hall–Kier alpha value is -2.78. The fraction of sp³-hybridized carbons (Fsp3) is 0.524. The summed E-state index contributed by atoms with van der Waals surface area (Å²) in [7, 11) is 0. The third kappa shape index (κ3) is 3.95. The number of hydrogen-bond donors (Lipinski definition) is 1. The van der Waals surface area contributed by atoms with Crippen LogP contribution in [0.2, 0.25) is 0 Å². The van der Waals surface area contributed by atoms with Gasteiger partial charge in [-0.05, 0) is 25.5 Å². The second kappa shape index (κ2) is 8.53. The Bertz CT molecular complexity index is 994. The van der Waals surface area contributed by atoms with Gasteiger partial charge >= 0.3 is 6.01 Å². The van der Waals surface area contributed by atoms with Gasteiger partial charge in [-0.1, -0.05) is 19.1 Å². The van der Waals surface area contributed by atoms with Crippen molar-refractivity contribution in [2.45, 2.75) is 25.9 Å². The SMILES string of the molecule is CCN1CCC(Oc2nc(-c3cccc4[nH]ncc34)nc(N3CCOCC3)n2)CC1. The maximum atomic E-state index is 6.27. The van der Waals surface area contributed by atoms with E-state index < -0.39 is 0 Å². The summed E-state index contributed by atoms with van der Waals surface area (Å²) in [4.78, 5) is 18.7. The summed E-state index contributed by atoms with van der Waals surface area (Å²) in [6.45, 7) is 8.23. The number of likely N-dealkylation sites (tertiary alicyclic amines) is 1. The minimum Gasteiger partial charge on any atom is -0.460 e. The lowest BCUT2D eigenvalue weighted by Gasteiger charge is -2.31. The molecule has 2 fully saturated rings. The van der Waals surface area contributed by atoms with Gasteiger partial charge in [0, 0.05) is 37.1 Å². The zero-order valence-corrected chi connectivity index (χ0v) is 17.3. The van der Waals surface area contributed by atoms with E-state index in [1.807, 2.05) is 24.4 Å². The Balaban J connectivity index is 1.48. The van der Waals surface area contributed by atoms with Gasteiger partial charge in [-0.3, -0.25) is 5.10 Å². The number of H-pyrrole nitrogens is 1. The number of nitrogens with one attached hydrogen (secondary N) is 1. The summed E-state index contributed by atoms with van der Waals surface area (Å²) in [5, 5.41) is 8.17. The number of aromatic nitrogens is 5. The first-order valence-corrected chi connectivity index (χ1v) is 10.7. The Morgan fingerprint density at radius 1 is 1.10 bits per heavy atom. The van der Waals surface area contributed by atoms with E-state index in [2.05, 4.69) is 31.9 Å². The Morgan fingerprint density at radius 2 is 1.93 bits per heavy atom. The van der Waals surface area contributed by atoms with Crippen LogP contribution < -0.4 is 9.64 Å². The average Bonchev–Trinajstić information content (AvgIpc) is 3.29. The number of nitrogens with zero attached hydrogens (tertiary/aromatic N) is 6.